The van der Waals surface area contributed by atoms with E-state index in [4.69, 9.17) is 4.74 Å². The summed E-state index contributed by atoms with van der Waals surface area (Å²) < 4.78 is 5.30. The highest BCUT2D eigenvalue weighted by atomic mass is 16.5. The summed E-state index contributed by atoms with van der Waals surface area (Å²) in [5, 5.41) is 3.48. The minimum atomic E-state index is 0.599. The number of aryl methyl sites for hydroxylation is 1. The molecule has 3 heteroatoms. The van der Waals surface area contributed by atoms with Gasteiger partial charge >= 0.3 is 0 Å². The van der Waals surface area contributed by atoms with Gasteiger partial charge in [-0.2, -0.15) is 0 Å². The first-order valence-corrected chi connectivity index (χ1v) is 6.84. The van der Waals surface area contributed by atoms with Crippen molar-refractivity contribution in [2.45, 2.75) is 32.9 Å². The van der Waals surface area contributed by atoms with E-state index in [1.807, 2.05) is 0 Å². The minimum Gasteiger partial charge on any atom is -0.497 e. The molecule has 0 bridgehead atoms. The molecule has 100 valence electrons. The Hall–Kier alpha value is -1.06. The van der Waals surface area contributed by atoms with Crippen molar-refractivity contribution in [2.24, 2.45) is 0 Å². The molecule has 18 heavy (non-hydrogen) atoms. The number of benzene rings is 1. The second kappa shape index (κ2) is 6.21. The number of hydrogen-bond acceptors (Lipinski definition) is 3. The molecule has 0 aliphatic carbocycles. The van der Waals surface area contributed by atoms with Crippen LogP contribution < -0.4 is 10.1 Å². The van der Waals surface area contributed by atoms with Gasteiger partial charge in [0.25, 0.3) is 0 Å². The molecule has 0 spiro atoms. The lowest BCUT2D eigenvalue weighted by Crippen LogP contribution is -2.48. The second-order valence-corrected chi connectivity index (χ2v) is 5.08. The van der Waals surface area contributed by atoms with Crippen molar-refractivity contribution < 1.29 is 4.74 Å². The van der Waals surface area contributed by atoms with Gasteiger partial charge in [0, 0.05) is 32.2 Å². The maximum atomic E-state index is 5.30. The normalized spacial score (nSPS) is 20.9. The van der Waals surface area contributed by atoms with Crippen LogP contribution in [0.15, 0.2) is 18.2 Å². The lowest BCUT2D eigenvalue weighted by Gasteiger charge is -2.32. The van der Waals surface area contributed by atoms with Gasteiger partial charge in [0.05, 0.1) is 7.11 Å². The van der Waals surface area contributed by atoms with Crippen LogP contribution in [-0.2, 0) is 13.0 Å². The van der Waals surface area contributed by atoms with Gasteiger partial charge in [0.1, 0.15) is 5.75 Å². The third-order valence-electron chi connectivity index (χ3n) is 3.64. The summed E-state index contributed by atoms with van der Waals surface area (Å²) in [6, 6.07) is 7.05. The van der Waals surface area contributed by atoms with Crippen LogP contribution in [-0.4, -0.2) is 37.7 Å². The lowest BCUT2D eigenvalue weighted by molar-refractivity contribution is 0.199. The number of nitrogens with one attached hydrogen (secondary N) is 1. The Balaban J connectivity index is 2.08. The molecule has 1 aliphatic heterocycles. The summed E-state index contributed by atoms with van der Waals surface area (Å²) >= 11 is 0. The van der Waals surface area contributed by atoms with E-state index in [-0.39, 0.29) is 0 Å². The minimum absolute atomic E-state index is 0.599. The van der Waals surface area contributed by atoms with Crippen molar-refractivity contribution in [3.63, 3.8) is 0 Å². The zero-order valence-electron chi connectivity index (χ0n) is 11.7. The Morgan fingerprint density at radius 3 is 2.89 bits per heavy atom. The summed E-state index contributed by atoms with van der Waals surface area (Å²) in [4.78, 5) is 2.53. The molecule has 1 atom stereocenters. The van der Waals surface area contributed by atoms with Gasteiger partial charge in [0.15, 0.2) is 0 Å². The molecule has 1 saturated heterocycles. The van der Waals surface area contributed by atoms with Gasteiger partial charge in [-0.15, -0.1) is 0 Å². The molecule has 1 N–H and O–H groups in total. The topological polar surface area (TPSA) is 24.5 Å². The van der Waals surface area contributed by atoms with Crippen molar-refractivity contribution in [1.82, 2.24) is 10.2 Å². The van der Waals surface area contributed by atoms with E-state index < -0.39 is 0 Å². The number of methoxy groups -OCH3 is 1. The predicted octanol–water partition coefficient (Wildman–Crippen LogP) is 2.05. The number of ether oxygens (including phenoxy) is 1. The lowest BCUT2D eigenvalue weighted by atomic mass is 10.0. The number of hydrogen-bond donors (Lipinski definition) is 1. The van der Waals surface area contributed by atoms with Crippen LogP contribution in [0.5, 0.6) is 5.75 Å². The first-order valence-electron chi connectivity index (χ1n) is 6.84. The van der Waals surface area contributed by atoms with Gasteiger partial charge in [-0.1, -0.05) is 13.0 Å². The Bertz CT molecular complexity index is 392. The molecule has 2 rings (SSSR count). The molecule has 0 saturated carbocycles. The van der Waals surface area contributed by atoms with E-state index in [9.17, 15) is 0 Å². The van der Waals surface area contributed by atoms with Crippen LogP contribution in [0.1, 0.15) is 25.0 Å². The molecule has 1 aliphatic rings. The molecule has 0 radical (unpaired) electrons. The largest absolute Gasteiger partial charge is 0.497 e. The van der Waals surface area contributed by atoms with Crippen LogP contribution in [0.25, 0.3) is 0 Å². The van der Waals surface area contributed by atoms with E-state index >= 15 is 0 Å². The van der Waals surface area contributed by atoms with E-state index in [0.717, 1.165) is 38.3 Å². The van der Waals surface area contributed by atoms with Crippen LogP contribution >= 0.6 is 0 Å². The van der Waals surface area contributed by atoms with E-state index in [0.29, 0.717) is 6.04 Å². The summed E-state index contributed by atoms with van der Waals surface area (Å²) in [6.07, 6.45) is 1.06. The second-order valence-electron chi connectivity index (χ2n) is 5.08. The Labute approximate surface area is 110 Å². The van der Waals surface area contributed by atoms with Crippen LogP contribution in [0.3, 0.4) is 0 Å². The van der Waals surface area contributed by atoms with Crippen LogP contribution in [0, 0.1) is 0 Å². The van der Waals surface area contributed by atoms with Gasteiger partial charge in [-0.25, -0.2) is 0 Å². The SMILES string of the molecule is CCc1cc(OC)ccc1CN1CCN[C@@H](C)C1. The monoisotopic (exact) mass is 248 g/mol. The standard InChI is InChI=1S/C15H24N2O/c1-4-13-9-15(18-3)6-5-14(13)11-17-8-7-16-12(2)10-17/h5-6,9,12,16H,4,7-8,10-11H2,1-3H3/t12-/m0/s1. The molecule has 0 amide bonds. The van der Waals surface area contributed by atoms with Crippen molar-refractivity contribution in [1.29, 1.82) is 0 Å². The third kappa shape index (κ3) is 3.24. The zero-order chi connectivity index (χ0) is 13.0. The molecule has 3 nitrogen and oxygen atoms in total. The Kier molecular flexibility index (Phi) is 4.61. The smallest absolute Gasteiger partial charge is 0.119 e. The van der Waals surface area contributed by atoms with E-state index in [1.54, 1.807) is 7.11 Å². The number of rotatable bonds is 4. The molecule has 1 aromatic rings. The van der Waals surface area contributed by atoms with E-state index in [2.05, 4.69) is 42.3 Å². The van der Waals surface area contributed by atoms with Crippen molar-refractivity contribution >= 4 is 0 Å². The fraction of sp³-hybridized carbons (Fsp3) is 0.600. The van der Waals surface area contributed by atoms with Crippen molar-refractivity contribution in [3.05, 3.63) is 29.3 Å². The number of nitrogens with zero attached hydrogens (tertiary/aromatic N) is 1. The summed E-state index contributed by atoms with van der Waals surface area (Å²) in [5.74, 6) is 0.962. The average molecular weight is 248 g/mol. The molecule has 1 fully saturated rings. The fourth-order valence-corrected chi connectivity index (χ4v) is 2.61. The quantitative estimate of drug-likeness (QED) is 0.882. The highest BCUT2D eigenvalue weighted by Crippen LogP contribution is 2.20. The highest BCUT2D eigenvalue weighted by molar-refractivity contribution is 5.35. The summed E-state index contributed by atoms with van der Waals surface area (Å²) in [6.45, 7) is 8.88. The zero-order valence-corrected chi connectivity index (χ0v) is 11.7. The molecule has 0 unspecified atom stereocenters. The molecule has 1 heterocycles. The fourth-order valence-electron chi connectivity index (χ4n) is 2.61. The van der Waals surface area contributed by atoms with Gasteiger partial charge < -0.3 is 10.1 Å². The predicted molar refractivity (Wildman–Crippen MR) is 75.1 cm³/mol. The van der Waals surface area contributed by atoms with Crippen LogP contribution in [0.2, 0.25) is 0 Å². The van der Waals surface area contributed by atoms with Gasteiger partial charge in [-0.05, 0) is 36.6 Å². The summed E-state index contributed by atoms with van der Waals surface area (Å²) in [7, 11) is 1.73. The first-order chi connectivity index (χ1) is 8.72. The maximum absolute atomic E-state index is 5.30. The summed E-state index contributed by atoms with van der Waals surface area (Å²) in [5.41, 5.74) is 2.84. The van der Waals surface area contributed by atoms with Gasteiger partial charge in [0.2, 0.25) is 0 Å². The Morgan fingerprint density at radius 2 is 2.22 bits per heavy atom. The first kappa shape index (κ1) is 13.4. The maximum Gasteiger partial charge on any atom is 0.119 e. The highest BCUT2D eigenvalue weighted by Gasteiger charge is 2.16. The average Bonchev–Trinajstić information content (AvgIpc) is 2.39. The third-order valence-corrected chi connectivity index (χ3v) is 3.64. The van der Waals surface area contributed by atoms with Crippen molar-refractivity contribution in [3.8, 4) is 5.75 Å². The molecule has 1 aromatic carbocycles. The number of piperazine rings is 1. The molecular formula is C15H24N2O. The van der Waals surface area contributed by atoms with E-state index in [1.165, 1.54) is 11.1 Å². The molecule has 0 aromatic heterocycles. The van der Waals surface area contributed by atoms with Crippen LogP contribution in [0.4, 0.5) is 0 Å². The van der Waals surface area contributed by atoms with Gasteiger partial charge in [-0.3, -0.25) is 4.90 Å². The van der Waals surface area contributed by atoms with Crippen molar-refractivity contribution in [2.75, 3.05) is 26.7 Å². The Morgan fingerprint density at radius 1 is 1.39 bits per heavy atom. The molecular weight excluding hydrogens is 224 g/mol.